The topological polar surface area (TPSA) is 78.5 Å². The molecule has 4 rings (SSSR count). The molecular weight excluding hydrogens is 389 g/mol. The number of nitrogens with one attached hydrogen (secondary N) is 1. The minimum Gasteiger partial charge on any atom is -0.494 e. The number of nitrogens with zero attached hydrogens (tertiary/aromatic N) is 1. The van der Waals surface area contributed by atoms with Crippen molar-refractivity contribution in [3.05, 3.63) is 42.5 Å². The molecular formula is C24H28BN3O3. The van der Waals surface area contributed by atoms with Crippen molar-refractivity contribution in [2.24, 2.45) is 0 Å². The van der Waals surface area contributed by atoms with Crippen LogP contribution in [0.3, 0.4) is 0 Å². The van der Waals surface area contributed by atoms with E-state index in [1.807, 2.05) is 42.5 Å². The average Bonchev–Trinajstić information content (AvgIpc) is 3.38. The van der Waals surface area contributed by atoms with Crippen LogP contribution < -0.4 is 15.8 Å². The molecule has 1 heterocycles. The minimum absolute atomic E-state index is 0.0399. The average molecular weight is 417 g/mol. The lowest BCUT2D eigenvalue weighted by atomic mass is 10.1. The highest BCUT2D eigenvalue weighted by molar-refractivity contribution is 6.08. The number of anilines is 2. The molecule has 1 fully saturated rings. The van der Waals surface area contributed by atoms with E-state index in [0.717, 1.165) is 65.8 Å². The monoisotopic (exact) mass is 417 g/mol. The van der Waals surface area contributed by atoms with Gasteiger partial charge in [0.2, 0.25) is 0 Å². The van der Waals surface area contributed by atoms with Crippen LogP contribution in [-0.2, 0) is 11.3 Å². The molecule has 0 aliphatic heterocycles. The Labute approximate surface area is 184 Å². The molecule has 7 heteroatoms. The third kappa shape index (κ3) is 4.50. The number of carbonyl (C=O) groups is 1. The van der Waals surface area contributed by atoms with E-state index in [1.165, 1.54) is 0 Å². The molecule has 2 aromatic carbocycles. The number of amides is 1. The van der Waals surface area contributed by atoms with Crippen LogP contribution in [0.15, 0.2) is 42.5 Å². The van der Waals surface area contributed by atoms with Gasteiger partial charge in [0.15, 0.2) is 0 Å². The van der Waals surface area contributed by atoms with Crippen molar-refractivity contribution in [2.75, 3.05) is 17.7 Å². The van der Waals surface area contributed by atoms with Crippen molar-refractivity contribution in [1.29, 1.82) is 0 Å². The fourth-order valence-electron chi connectivity index (χ4n) is 4.28. The number of hydrogen-bond donors (Lipinski definition) is 2. The Morgan fingerprint density at radius 2 is 1.94 bits per heavy atom. The first kappa shape index (κ1) is 21.2. The second kappa shape index (κ2) is 9.37. The molecule has 0 spiro atoms. The molecule has 3 N–H and O–H groups in total. The van der Waals surface area contributed by atoms with Crippen LogP contribution >= 0.6 is 0 Å². The quantitative estimate of drug-likeness (QED) is 0.507. The standard InChI is InChI=1S/C24H28BN3O3/c1-2-28-21-15-19(30-14-13-25)11-12-20(21)22(26)23(28)16-7-9-17(10-8-16)27-24(29)31-18-5-3-4-6-18/h7-12,15,18H,2-6,13-14,26H2,1H3,(H,27,29). The number of hydrogen-bond acceptors (Lipinski definition) is 4. The van der Waals surface area contributed by atoms with Crippen molar-refractivity contribution < 1.29 is 14.3 Å². The predicted molar refractivity (Wildman–Crippen MR) is 126 cm³/mol. The van der Waals surface area contributed by atoms with Crippen LogP contribution in [0.4, 0.5) is 16.2 Å². The van der Waals surface area contributed by atoms with E-state index in [1.54, 1.807) is 0 Å². The van der Waals surface area contributed by atoms with E-state index >= 15 is 0 Å². The molecule has 0 saturated heterocycles. The van der Waals surface area contributed by atoms with Crippen LogP contribution in [0, 0.1) is 0 Å². The number of benzene rings is 2. The highest BCUT2D eigenvalue weighted by Gasteiger charge is 2.20. The lowest BCUT2D eigenvalue weighted by Crippen LogP contribution is -2.20. The summed E-state index contributed by atoms with van der Waals surface area (Å²) in [6.07, 6.45) is 4.26. The third-order valence-electron chi connectivity index (χ3n) is 5.76. The Bertz CT molecular complexity index is 1060. The molecule has 0 bridgehead atoms. The molecule has 31 heavy (non-hydrogen) atoms. The predicted octanol–water partition coefficient (Wildman–Crippen LogP) is 5.37. The van der Waals surface area contributed by atoms with Crippen molar-refractivity contribution in [1.82, 2.24) is 4.57 Å². The summed E-state index contributed by atoms with van der Waals surface area (Å²) in [5.41, 5.74) is 10.9. The van der Waals surface area contributed by atoms with Gasteiger partial charge in [0, 0.05) is 29.2 Å². The van der Waals surface area contributed by atoms with Gasteiger partial charge >= 0.3 is 6.09 Å². The van der Waals surface area contributed by atoms with E-state index in [-0.39, 0.29) is 6.10 Å². The van der Waals surface area contributed by atoms with Gasteiger partial charge < -0.3 is 19.8 Å². The molecule has 6 nitrogen and oxygen atoms in total. The largest absolute Gasteiger partial charge is 0.494 e. The Morgan fingerprint density at radius 3 is 2.61 bits per heavy atom. The van der Waals surface area contributed by atoms with Gasteiger partial charge in [-0.05, 0) is 56.9 Å². The van der Waals surface area contributed by atoms with Crippen LogP contribution in [-0.4, -0.2) is 31.2 Å². The summed E-state index contributed by atoms with van der Waals surface area (Å²) in [6.45, 7) is 3.32. The van der Waals surface area contributed by atoms with Gasteiger partial charge in [0.25, 0.3) is 0 Å². The number of ether oxygens (including phenoxy) is 2. The van der Waals surface area contributed by atoms with Crippen LogP contribution in [0.2, 0.25) is 6.32 Å². The molecule has 1 amide bonds. The third-order valence-corrected chi connectivity index (χ3v) is 5.76. The molecule has 0 atom stereocenters. The highest BCUT2D eigenvalue weighted by atomic mass is 16.6. The van der Waals surface area contributed by atoms with Crippen molar-refractivity contribution in [3.63, 3.8) is 0 Å². The Hall–Kier alpha value is -3.09. The zero-order valence-electron chi connectivity index (χ0n) is 17.9. The summed E-state index contributed by atoms with van der Waals surface area (Å²) >= 11 is 0. The van der Waals surface area contributed by atoms with Crippen LogP contribution in [0.25, 0.3) is 22.2 Å². The molecule has 1 aliphatic rings. The molecule has 2 radical (unpaired) electrons. The van der Waals surface area contributed by atoms with Crippen molar-refractivity contribution >= 4 is 36.2 Å². The van der Waals surface area contributed by atoms with E-state index in [9.17, 15) is 4.79 Å². The van der Waals surface area contributed by atoms with E-state index < -0.39 is 6.09 Å². The first-order chi connectivity index (χ1) is 15.1. The summed E-state index contributed by atoms with van der Waals surface area (Å²) in [5.74, 6) is 0.775. The maximum Gasteiger partial charge on any atom is 0.411 e. The lowest BCUT2D eigenvalue weighted by molar-refractivity contribution is 0.114. The second-order valence-electron chi connectivity index (χ2n) is 7.84. The number of nitrogens with two attached hydrogens (primary N) is 1. The molecule has 3 aromatic rings. The van der Waals surface area contributed by atoms with Crippen molar-refractivity contribution in [3.8, 4) is 17.0 Å². The lowest BCUT2D eigenvalue weighted by Gasteiger charge is -2.13. The van der Waals surface area contributed by atoms with Gasteiger partial charge in [-0.3, -0.25) is 5.32 Å². The number of rotatable bonds is 7. The first-order valence-corrected chi connectivity index (χ1v) is 10.9. The first-order valence-electron chi connectivity index (χ1n) is 10.9. The molecule has 1 aliphatic carbocycles. The van der Waals surface area contributed by atoms with Gasteiger partial charge in [-0.1, -0.05) is 18.5 Å². The normalized spacial score (nSPS) is 14.1. The van der Waals surface area contributed by atoms with E-state index in [2.05, 4.69) is 16.8 Å². The zero-order chi connectivity index (χ0) is 21.8. The summed E-state index contributed by atoms with van der Waals surface area (Å²) in [6, 6.07) is 13.6. The second-order valence-corrected chi connectivity index (χ2v) is 7.84. The minimum atomic E-state index is -0.396. The SMILES string of the molecule is [B]CCOc1ccc2c(N)c(-c3ccc(NC(=O)OC4CCCC4)cc3)n(CC)c2c1. The number of aryl methyl sites for hydroxylation is 1. The summed E-state index contributed by atoms with van der Waals surface area (Å²) in [7, 11) is 5.55. The van der Waals surface area contributed by atoms with Gasteiger partial charge in [0.05, 0.1) is 31.4 Å². The summed E-state index contributed by atoms with van der Waals surface area (Å²) in [5, 5.41) is 3.80. The van der Waals surface area contributed by atoms with Crippen LogP contribution in [0.5, 0.6) is 5.75 Å². The smallest absolute Gasteiger partial charge is 0.411 e. The summed E-state index contributed by atoms with van der Waals surface area (Å²) < 4.78 is 13.3. The summed E-state index contributed by atoms with van der Waals surface area (Å²) in [4.78, 5) is 12.1. The maximum absolute atomic E-state index is 12.1. The molecule has 160 valence electrons. The number of nitrogen functional groups attached to an aromatic ring is 1. The fourth-order valence-corrected chi connectivity index (χ4v) is 4.28. The Kier molecular flexibility index (Phi) is 6.40. The Balaban J connectivity index is 1.57. The number of aromatic nitrogens is 1. The number of fused-ring (bicyclic) bond motifs is 1. The number of carbonyl (C=O) groups excluding carboxylic acids is 1. The Morgan fingerprint density at radius 1 is 1.19 bits per heavy atom. The molecule has 1 aromatic heterocycles. The van der Waals surface area contributed by atoms with E-state index in [0.29, 0.717) is 18.6 Å². The van der Waals surface area contributed by atoms with Crippen molar-refractivity contribution in [2.45, 2.75) is 51.6 Å². The van der Waals surface area contributed by atoms with Gasteiger partial charge in [0.1, 0.15) is 11.9 Å². The van der Waals surface area contributed by atoms with Gasteiger partial charge in [-0.25, -0.2) is 4.79 Å². The zero-order valence-corrected chi connectivity index (χ0v) is 17.9. The maximum atomic E-state index is 12.1. The van der Waals surface area contributed by atoms with Gasteiger partial charge in [-0.2, -0.15) is 0 Å². The molecule has 1 saturated carbocycles. The highest BCUT2D eigenvalue weighted by Crippen LogP contribution is 2.38. The fraction of sp³-hybridized carbons (Fsp3) is 0.375. The van der Waals surface area contributed by atoms with Gasteiger partial charge in [-0.15, -0.1) is 0 Å². The van der Waals surface area contributed by atoms with Crippen LogP contribution in [0.1, 0.15) is 32.6 Å². The molecule has 0 unspecified atom stereocenters. The van der Waals surface area contributed by atoms with E-state index in [4.69, 9.17) is 23.1 Å².